The van der Waals surface area contributed by atoms with Crippen molar-refractivity contribution in [3.8, 4) is 17.2 Å². The molecule has 2 amide bonds. The molecule has 0 fully saturated rings. The number of aryl methyl sites for hydroxylation is 1. The second kappa shape index (κ2) is 9.53. The SMILES string of the molecule is CCOc1cc([C@@H]2SCC(=O)Nc3c2c(C)nn3-c2ccc(F)cc2)ccc1OCC(N)=O. The van der Waals surface area contributed by atoms with Crippen LogP contribution in [0.1, 0.15) is 29.0 Å². The Bertz CT molecular complexity index is 1200. The summed E-state index contributed by atoms with van der Waals surface area (Å²) in [5.41, 5.74) is 8.30. The number of amides is 2. The molecule has 33 heavy (non-hydrogen) atoms. The van der Waals surface area contributed by atoms with E-state index in [4.69, 9.17) is 15.2 Å². The predicted octanol–water partition coefficient (Wildman–Crippen LogP) is 3.36. The Balaban J connectivity index is 1.78. The van der Waals surface area contributed by atoms with Crippen LogP contribution >= 0.6 is 11.8 Å². The number of halogens is 1. The highest BCUT2D eigenvalue weighted by atomic mass is 32.2. The number of primary amides is 1. The third-order valence-electron chi connectivity index (χ3n) is 5.02. The van der Waals surface area contributed by atoms with E-state index in [0.29, 0.717) is 29.6 Å². The maximum atomic E-state index is 13.4. The highest BCUT2D eigenvalue weighted by Crippen LogP contribution is 2.45. The third kappa shape index (κ3) is 4.80. The lowest BCUT2D eigenvalue weighted by Crippen LogP contribution is -2.20. The van der Waals surface area contributed by atoms with Gasteiger partial charge in [-0.1, -0.05) is 6.07 Å². The highest BCUT2D eigenvalue weighted by Gasteiger charge is 2.31. The van der Waals surface area contributed by atoms with Crippen LogP contribution in [-0.2, 0) is 9.59 Å². The minimum absolute atomic E-state index is 0.154. The first-order valence-electron chi connectivity index (χ1n) is 10.3. The van der Waals surface area contributed by atoms with Crippen molar-refractivity contribution >= 4 is 29.4 Å². The fraction of sp³-hybridized carbons (Fsp3) is 0.261. The number of hydrogen-bond acceptors (Lipinski definition) is 6. The first-order valence-corrected chi connectivity index (χ1v) is 11.4. The molecule has 1 atom stereocenters. The maximum absolute atomic E-state index is 13.4. The van der Waals surface area contributed by atoms with Gasteiger partial charge in [0.1, 0.15) is 11.6 Å². The Labute approximate surface area is 194 Å². The summed E-state index contributed by atoms with van der Waals surface area (Å²) in [5.74, 6) is 0.583. The molecule has 0 aliphatic carbocycles. The van der Waals surface area contributed by atoms with Crippen molar-refractivity contribution < 1.29 is 23.5 Å². The lowest BCUT2D eigenvalue weighted by molar-refractivity contribution is -0.120. The van der Waals surface area contributed by atoms with E-state index >= 15 is 0 Å². The molecule has 0 spiro atoms. The summed E-state index contributed by atoms with van der Waals surface area (Å²) in [6.07, 6.45) is 0. The molecule has 2 heterocycles. The molecule has 10 heteroatoms. The van der Waals surface area contributed by atoms with Gasteiger partial charge in [-0.3, -0.25) is 9.59 Å². The fourth-order valence-electron chi connectivity index (χ4n) is 3.64. The van der Waals surface area contributed by atoms with Gasteiger partial charge in [0.2, 0.25) is 5.91 Å². The number of carbonyl (C=O) groups excluding carboxylic acids is 2. The Morgan fingerprint density at radius 1 is 1.24 bits per heavy atom. The number of nitrogens with zero attached hydrogens (tertiary/aromatic N) is 2. The summed E-state index contributed by atoms with van der Waals surface area (Å²) >= 11 is 1.47. The van der Waals surface area contributed by atoms with Crippen LogP contribution < -0.4 is 20.5 Å². The first kappa shape index (κ1) is 22.7. The molecule has 2 aromatic carbocycles. The zero-order valence-electron chi connectivity index (χ0n) is 18.1. The van der Waals surface area contributed by atoms with Gasteiger partial charge < -0.3 is 20.5 Å². The van der Waals surface area contributed by atoms with Gasteiger partial charge >= 0.3 is 0 Å². The molecule has 3 N–H and O–H groups in total. The van der Waals surface area contributed by atoms with Gasteiger partial charge in [-0.05, 0) is 55.8 Å². The topological polar surface area (TPSA) is 108 Å². The zero-order valence-corrected chi connectivity index (χ0v) is 18.9. The monoisotopic (exact) mass is 470 g/mol. The number of fused-ring (bicyclic) bond motifs is 1. The number of rotatable bonds is 7. The van der Waals surface area contributed by atoms with Gasteiger partial charge in [-0.25, -0.2) is 9.07 Å². The largest absolute Gasteiger partial charge is 0.490 e. The first-order chi connectivity index (χ1) is 15.9. The molecule has 4 rings (SSSR count). The van der Waals surface area contributed by atoms with Gasteiger partial charge in [-0.2, -0.15) is 5.10 Å². The summed E-state index contributed by atoms with van der Waals surface area (Å²) < 4.78 is 26.3. The Hall–Kier alpha value is -3.53. The molecule has 1 aliphatic heterocycles. The Morgan fingerprint density at radius 3 is 2.70 bits per heavy atom. The van der Waals surface area contributed by atoms with Crippen molar-refractivity contribution in [3.05, 3.63) is 65.1 Å². The molecule has 0 saturated heterocycles. The molecule has 1 aliphatic rings. The van der Waals surface area contributed by atoms with Crippen LogP contribution in [0.4, 0.5) is 10.2 Å². The molecular weight excluding hydrogens is 447 g/mol. The standard InChI is InChI=1S/C23H23FN4O4S/c1-3-31-18-10-14(4-9-17(18)32-11-19(25)29)22-21-13(2)27-28(16-7-5-15(24)6-8-16)23(21)26-20(30)12-33-22/h4-10,22H,3,11-12H2,1-2H3,(H2,25,29)(H,26,30)/t22-/m0/s1. The van der Waals surface area contributed by atoms with Crippen LogP contribution in [0.25, 0.3) is 5.69 Å². The lowest BCUT2D eigenvalue weighted by atomic mass is 10.0. The smallest absolute Gasteiger partial charge is 0.255 e. The molecule has 1 aromatic heterocycles. The quantitative estimate of drug-likeness (QED) is 0.548. The summed E-state index contributed by atoms with van der Waals surface area (Å²) in [5, 5.41) is 7.35. The van der Waals surface area contributed by atoms with Crippen molar-refractivity contribution in [1.82, 2.24) is 9.78 Å². The van der Waals surface area contributed by atoms with Crippen LogP contribution in [0.2, 0.25) is 0 Å². The van der Waals surface area contributed by atoms with Crippen LogP contribution in [0.3, 0.4) is 0 Å². The molecule has 3 aromatic rings. The number of thioether (sulfide) groups is 1. The minimum atomic E-state index is -0.584. The number of nitrogens with one attached hydrogen (secondary N) is 1. The van der Waals surface area contributed by atoms with Crippen molar-refractivity contribution in [2.24, 2.45) is 5.73 Å². The van der Waals surface area contributed by atoms with Gasteiger partial charge in [0.15, 0.2) is 18.1 Å². The van der Waals surface area contributed by atoms with E-state index in [1.807, 2.05) is 26.0 Å². The summed E-state index contributed by atoms with van der Waals surface area (Å²) in [6, 6.07) is 11.4. The minimum Gasteiger partial charge on any atom is -0.490 e. The Morgan fingerprint density at radius 2 is 2.00 bits per heavy atom. The molecule has 0 saturated carbocycles. The van der Waals surface area contributed by atoms with Gasteiger partial charge in [0.25, 0.3) is 5.91 Å². The normalized spacial score (nSPS) is 15.4. The number of ether oxygens (including phenoxy) is 2. The summed E-state index contributed by atoms with van der Waals surface area (Å²) in [4.78, 5) is 23.6. The predicted molar refractivity (Wildman–Crippen MR) is 123 cm³/mol. The number of aromatic nitrogens is 2. The molecule has 0 bridgehead atoms. The van der Waals surface area contributed by atoms with Crippen molar-refractivity contribution in [3.63, 3.8) is 0 Å². The highest BCUT2D eigenvalue weighted by molar-refractivity contribution is 8.00. The van der Waals surface area contributed by atoms with E-state index in [1.165, 1.54) is 23.9 Å². The van der Waals surface area contributed by atoms with Crippen LogP contribution in [0.5, 0.6) is 11.5 Å². The van der Waals surface area contributed by atoms with Gasteiger partial charge in [-0.15, -0.1) is 11.8 Å². The van der Waals surface area contributed by atoms with Gasteiger partial charge in [0.05, 0.1) is 29.0 Å². The number of anilines is 1. The second-order valence-electron chi connectivity index (χ2n) is 7.37. The van der Waals surface area contributed by atoms with Crippen LogP contribution in [0, 0.1) is 12.7 Å². The van der Waals surface area contributed by atoms with Crippen molar-refractivity contribution in [2.75, 3.05) is 24.3 Å². The van der Waals surface area contributed by atoms with Crippen molar-refractivity contribution in [2.45, 2.75) is 19.1 Å². The van der Waals surface area contributed by atoms with E-state index in [1.54, 1.807) is 22.9 Å². The lowest BCUT2D eigenvalue weighted by Gasteiger charge is -2.18. The van der Waals surface area contributed by atoms with E-state index in [2.05, 4.69) is 10.4 Å². The summed E-state index contributed by atoms with van der Waals surface area (Å²) in [6.45, 7) is 3.87. The fourth-order valence-corrected chi connectivity index (χ4v) is 4.82. The maximum Gasteiger partial charge on any atom is 0.255 e. The van der Waals surface area contributed by atoms with E-state index < -0.39 is 5.91 Å². The average Bonchev–Trinajstić information content (AvgIpc) is 2.98. The molecule has 8 nitrogen and oxygen atoms in total. The zero-order chi connectivity index (χ0) is 23.5. The molecule has 0 unspecified atom stereocenters. The van der Waals surface area contributed by atoms with E-state index in [-0.39, 0.29) is 29.3 Å². The number of nitrogens with two attached hydrogens (primary N) is 1. The van der Waals surface area contributed by atoms with Crippen LogP contribution in [-0.4, -0.2) is 40.6 Å². The Kier molecular flexibility index (Phi) is 6.55. The van der Waals surface area contributed by atoms with E-state index in [0.717, 1.165) is 16.8 Å². The second-order valence-corrected chi connectivity index (χ2v) is 8.46. The summed E-state index contributed by atoms with van der Waals surface area (Å²) in [7, 11) is 0. The van der Waals surface area contributed by atoms with Crippen molar-refractivity contribution in [1.29, 1.82) is 0 Å². The average molecular weight is 471 g/mol. The molecular formula is C23H23FN4O4S. The molecule has 172 valence electrons. The number of carbonyl (C=O) groups is 2. The molecule has 0 radical (unpaired) electrons. The van der Waals surface area contributed by atoms with E-state index in [9.17, 15) is 14.0 Å². The van der Waals surface area contributed by atoms with Crippen LogP contribution in [0.15, 0.2) is 42.5 Å². The van der Waals surface area contributed by atoms with Gasteiger partial charge in [0, 0.05) is 5.56 Å². The number of benzene rings is 2. The number of hydrogen-bond donors (Lipinski definition) is 2. The third-order valence-corrected chi connectivity index (χ3v) is 6.29.